The first-order chi connectivity index (χ1) is 13.5. The Morgan fingerprint density at radius 3 is 2.43 bits per heavy atom. The predicted molar refractivity (Wildman–Crippen MR) is 107 cm³/mol. The summed E-state index contributed by atoms with van der Waals surface area (Å²) in [5.74, 6) is -1.98. The van der Waals surface area contributed by atoms with Gasteiger partial charge < -0.3 is 15.3 Å². The summed E-state index contributed by atoms with van der Waals surface area (Å²) >= 11 is 0. The van der Waals surface area contributed by atoms with Crippen molar-refractivity contribution in [3.8, 4) is 0 Å². The molecule has 1 aliphatic rings. The third kappa shape index (κ3) is 4.57. The topological polar surface area (TPSA) is 86.7 Å². The molecule has 0 radical (unpaired) electrons. The van der Waals surface area contributed by atoms with Gasteiger partial charge in [0.05, 0.1) is 5.92 Å². The highest BCUT2D eigenvalue weighted by atomic mass is 16.4. The van der Waals surface area contributed by atoms with Gasteiger partial charge in [0, 0.05) is 29.9 Å². The van der Waals surface area contributed by atoms with Gasteiger partial charge in [-0.15, -0.1) is 0 Å². The molecule has 0 spiro atoms. The van der Waals surface area contributed by atoms with Crippen LogP contribution in [-0.4, -0.2) is 29.9 Å². The molecule has 6 heteroatoms. The lowest BCUT2D eigenvalue weighted by molar-refractivity contribution is -0.143. The van der Waals surface area contributed by atoms with Crippen LogP contribution in [0, 0.1) is 11.8 Å². The first-order valence-corrected chi connectivity index (χ1v) is 9.42. The summed E-state index contributed by atoms with van der Waals surface area (Å²) in [6.45, 7) is 0. The molecule has 2 N–H and O–H groups in total. The van der Waals surface area contributed by atoms with Crippen molar-refractivity contribution in [3.05, 3.63) is 60.2 Å². The van der Waals surface area contributed by atoms with E-state index in [0.717, 1.165) is 12.1 Å². The van der Waals surface area contributed by atoms with Crippen molar-refractivity contribution in [2.24, 2.45) is 11.8 Å². The Hall–Kier alpha value is -3.15. The summed E-state index contributed by atoms with van der Waals surface area (Å²) in [4.78, 5) is 38.1. The van der Waals surface area contributed by atoms with Crippen LogP contribution in [0.4, 0.5) is 11.4 Å². The highest BCUT2D eigenvalue weighted by Crippen LogP contribution is 2.30. The van der Waals surface area contributed by atoms with Gasteiger partial charge in [-0.25, -0.2) is 0 Å². The predicted octanol–water partition coefficient (Wildman–Crippen LogP) is 3.79. The third-order valence-electron chi connectivity index (χ3n) is 5.22. The minimum atomic E-state index is -0.839. The van der Waals surface area contributed by atoms with Crippen molar-refractivity contribution >= 4 is 29.2 Å². The number of nitrogens with one attached hydrogen (secondary N) is 1. The van der Waals surface area contributed by atoms with E-state index in [-0.39, 0.29) is 17.7 Å². The molecular formula is C22H24N2O4. The fraction of sp³-hybridized carbons (Fsp3) is 0.318. The van der Waals surface area contributed by atoms with Crippen molar-refractivity contribution in [2.45, 2.75) is 25.7 Å². The average molecular weight is 380 g/mol. The van der Waals surface area contributed by atoms with Gasteiger partial charge in [-0.3, -0.25) is 14.4 Å². The molecule has 0 aliphatic heterocycles. The summed E-state index contributed by atoms with van der Waals surface area (Å²) in [5.41, 5.74) is 1.79. The summed E-state index contributed by atoms with van der Waals surface area (Å²) < 4.78 is 0. The van der Waals surface area contributed by atoms with Crippen molar-refractivity contribution in [2.75, 3.05) is 17.3 Å². The van der Waals surface area contributed by atoms with Gasteiger partial charge in [-0.1, -0.05) is 30.7 Å². The van der Waals surface area contributed by atoms with Crippen molar-refractivity contribution in [1.29, 1.82) is 0 Å². The highest BCUT2D eigenvalue weighted by molar-refractivity contribution is 6.06. The molecule has 2 aromatic carbocycles. The Labute approximate surface area is 164 Å². The van der Waals surface area contributed by atoms with Gasteiger partial charge >= 0.3 is 5.97 Å². The fourth-order valence-corrected chi connectivity index (χ4v) is 3.59. The number of carbonyl (C=O) groups is 3. The van der Waals surface area contributed by atoms with Gasteiger partial charge in [0.1, 0.15) is 0 Å². The van der Waals surface area contributed by atoms with Crippen LogP contribution in [0.1, 0.15) is 36.0 Å². The number of hydrogen-bond acceptors (Lipinski definition) is 3. The third-order valence-corrected chi connectivity index (χ3v) is 5.22. The minimum absolute atomic E-state index is 0.175. The number of amides is 2. The fourth-order valence-electron chi connectivity index (χ4n) is 3.59. The van der Waals surface area contributed by atoms with E-state index >= 15 is 0 Å². The Balaban J connectivity index is 1.68. The molecule has 1 fully saturated rings. The van der Waals surface area contributed by atoms with Crippen LogP contribution < -0.4 is 10.2 Å². The lowest BCUT2D eigenvalue weighted by atomic mass is 9.81. The van der Waals surface area contributed by atoms with E-state index in [0.29, 0.717) is 30.5 Å². The summed E-state index contributed by atoms with van der Waals surface area (Å²) in [6, 6.07) is 16.1. The maximum absolute atomic E-state index is 12.8. The monoisotopic (exact) mass is 380 g/mol. The van der Waals surface area contributed by atoms with E-state index in [1.54, 1.807) is 36.2 Å². The van der Waals surface area contributed by atoms with E-state index in [9.17, 15) is 19.5 Å². The molecule has 3 rings (SSSR count). The van der Waals surface area contributed by atoms with Crippen molar-refractivity contribution < 1.29 is 19.5 Å². The zero-order chi connectivity index (χ0) is 20.1. The number of aliphatic carboxylic acids is 1. The first-order valence-electron chi connectivity index (χ1n) is 9.42. The van der Waals surface area contributed by atoms with Crippen LogP contribution in [0.2, 0.25) is 0 Å². The number of hydrogen-bond donors (Lipinski definition) is 2. The molecule has 2 unspecified atom stereocenters. The van der Waals surface area contributed by atoms with E-state index in [2.05, 4.69) is 5.32 Å². The second-order valence-corrected chi connectivity index (χ2v) is 7.17. The smallest absolute Gasteiger partial charge is 0.306 e. The molecule has 146 valence electrons. The van der Waals surface area contributed by atoms with E-state index in [4.69, 9.17) is 0 Å². The molecule has 2 atom stereocenters. The number of carboxylic acids is 1. The van der Waals surface area contributed by atoms with Gasteiger partial charge in [0.2, 0.25) is 5.91 Å². The summed E-state index contributed by atoms with van der Waals surface area (Å²) in [7, 11) is 1.71. The van der Waals surface area contributed by atoms with Crippen molar-refractivity contribution in [1.82, 2.24) is 0 Å². The zero-order valence-corrected chi connectivity index (χ0v) is 15.8. The van der Waals surface area contributed by atoms with Crippen molar-refractivity contribution in [3.63, 3.8) is 0 Å². The minimum Gasteiger partial charge on any atom is -0.481 e. The molecule has 2 amide bonds. The largest absolute Gasteiger partial charge is 0.481 e. The number of benzene rings is 2. The Bertz CT molecular complexity index is 866. The van der Waals surface area contributed by atoms with Crippen LogP contribution in [0.3, 0.4) is 0 Å². The lowest BCUT2D eigenvalue weighted by Gasteiger charge is -2.25. The van der Waals surface area contributed by atoms with Crippen LogP contribution >= 0.6 is 0 Å². The van der Waals surface area contributed by atoms with Gasteiger partial charge in [-0.2, -0.15) is 0 Å². The van der Waals surface area contributed by atoms with Gasteiger partial charge in [0.15, 0.2) is 0 Å². The lowest BCUT2D eigenvalue weighted by Crippen LogP contribution is -2.31. The van der Waals surface area contributed by atoms with E-state index in [1.807, 2.05) is 30.3 Å². The van der Waals surface area contributed by atoms with E-state index in [1.165, 1.54) is 0 Å². The molecule has 2 aromatic rings. The Morgan fingerprint density at radius 1 is 1.00 bits per heavy atom. The SMILES string of the molecule is CN(C(=O)c1cccc(NC(=O)C2CCCC(C(=O)O)C2)c1)c1ccccc1. The zero-order valence-electron chi connectivity index (χ0n) is 15.8. The summed E-state index contributed by atoms with van der Waals surface area (Å²) in [6.07, 6.45) is 2.39. The quantitative estimate of drug-likeness (QED) is 0.826. The number of para-hydroxylation sites is 1. The number of anilines is 2. The molecular weight excluding hydrogens is 356 g/mol. The second-order valence-electron chi connectivity index (χ2n) is 7.17. The Morgan fingerprint density at radius 2 is 1.71 bits per heavy atom. The second kappa shape index (κ2) is 8.69. The normalized spacial score (nSPS) is 18.9. The van der Waals surface area contributed by atoms with Crippen LogP contribution in [0.25, 0.3) is 0 Å². The maximum atomic E-state index is 12.8. The molecule has 0 heterocycles. The molecule has 0 aromatic heterocycles. The first kappa shape index (κ1) is 19.6. The number of carbonyl (C=O) groups excluding carboxylic acids is 2. The number of carboxylic acid groups (broad SMARTS) is 1. The average Bonchev–Trinajstić information content (AvgIpc) is 2.73. The highest BCUT2D eigenvalue weighted by Gasteiger charge is 2.31. The maximum Gasteiger partial charge on any atom is 0.306 e. The Kier molecular flexibility index (Phi) is 6.09. The van der Waals surface area contributed by atoms with Crippen LogP contribution in [0.15, 0.2) is 54.6 Å². The number of nitrogens with zero attached hydrogens (tertiary/aromatic N) is 1. The molecule has 0 saturated heterocycles. The molecule has 1 aliphatic carbocycles. The van der Waals surface area contributed by atoms with Gasteiger partial charge in [0.25, 0.3) is 5.91 Å². The number of rotatable bonds is 5. The molecule has 0 bridgehead atoms. The molecule has 1 saturated carbocycles. The summed E-state index contributed by atoms with van der Waals surface area (Å²) in [5, 5.41) is 12.0. The van der Waals surface area contributed by atoms with E-state index < -0.39 is 11.9 Å². The van der Waals surface area contributed by atoms with Gasteiger partial charge in [-0.05, 0) is 49.6 Å². The molecule has 28 heavy (non-hydrogen) atoms. The standard InChI is InChI=1S/C22H24N2O4/c1-24(19-11-3-2-4-12-19)21(26)16-8-6-10-18(14-16)23-20(25)15-7-5-9-17(13-15)22(27)28/h2-4,6,8,10-12,14-15,17H,5,7,9,13H2,1H3,(H,23,25)(H,27,28). The molecule has 6 nitrogen and oxygen atoms in total. The van der Waals surface area contributed by atoms with Crippen LogP contribution in [0.5, 0.6) is 0 Å². The van der Waals surface area contributed by atoms with Crippen LogP contribution in [-0.2, 0) is 9.59 Å².